The zero-order valence-corrected chi connectivity index (χ0v) is 16.9. The van der Waals surface area contributed by atoms with E-state index in [1.54, 1.807) is 4.90 Å². The van der Waals surface area contributed by atoms with E-state index in [-0.39, 0.29) is 29.0 Å². The Bertz CT molecular complexity index is 972. The number of primary amides is 1. The normalized spacial score (nSPS) is 15.9. The van der Waals surface area contributed by atoms with E-state index in [0.717, 1.165) is 12.1 Å². The quantitative estimate of drug-likeness (QED) is 0.718. The van der Waals surface area contributed by atoms with Crippen LogP contribution in [0.1, 0.15) is 47.6 Å². The van der Waals surface area contributed by atoms with Gasteiger partial charge in [-0.15, -0.1) is 0 Å². The second kappa shape index (κ2) is 8.83. The number of nitrogen functional groups attached to an aromatic ring is 1. The molecule has 2 aromatic rings. The molecule has 4 N–H and O–H groups in total. The molecule has 0 bridgehead atoms. The molecular weight excluding hydrogens is 411 g/mol. The standard InChI is InChI=1S/C21H24F3N5O2/c1-2-16(30)28-11-3-5-15(6-4-12-28)29-19(25)17(20(26)31)18(27-29)13-7-9-14(10-8-13)21(22,23)24/h2,7-10,15H,1,3-6,11-12,25H2,(H2,26,31). The zero-order chi connectivity index (χ0) is 22.8. The van der Waals surface area contributed by atoms with Crippen LogP contribution in [0, 0.1) is 0 Å². The second-order valence-electron chi connectivity index (χ2n) is 7.46. The fourth-order valence-corrected chi connectivity index (χ4v) is 3.87. The van der Waals surface area contributed by atoms with Gasteiger partial charge in [-0.05, 0) is 43.9 Å². The number of aromatic nitrogens is 2. The number of halogens is 3. The van der Waals surface area contributed by atoms with Crippen molar-refractivity contribution in [2.24, 2.45) is 5.73 Å². The maximum absolute atomic E-state index is 12.9. The SMILES string of the molecule is C=CC(=O)N1CCCC(n2nc(-c3ccc(C(F)(F)F)cc3)c(C(N)=O)c2N)CCC1. The molecule has 1 aromatic heterocycles. The molecule has 3 rings (SSSR count). The van der Waals surface area contributed by atoms with E-state index in [1.165, 1.54) is 22.9 Å². The molecule has 0 aliphatic carbocycles. The van der Waals surface area contributed by atoms with Gasteiger partial charge in [0.15, 0.2) is 0 Å². The smallest absolute Gasteiger partial charge is 0.383 e. The van der Waals surface area contributed by atoms with Gasteiger partial charge in [-0.2, -0.15) is 18.3 Å². The number of nitrogens with two attached hydrogens (primary N) is 2. The number of likely N-dealkylation sites (tertiary alicyclic amines) is 1. The van der Waals surface area contributed by atoms with Gasteiger partial charge in [0.2, 0.25) is 5.91 Å². The van der Waals surface area contributed by atoms with E-state index in [9.17, 15) is 22.8 Å². The fraction of sp³-hybridized carbons (Fsp3) is 0.381. The molecule has 31 heavy (non-hydrogen) atoms. The number of nitrogens with zero attached hydrogens (tertiary/aromatic N) is 3. The molecule has 1 saturated heterocycles. The minimum atomic E-state index is -4.47. The largest absolute Gasteiger partial charge is 0.416 e. The van der Waals surface area contributed by atoms with Crippen LogP contribution < -0.4 is 11.5 Å². The average molecular weight is 435 g/mol. The van der Waals surface area contributed by atoms with E-state index in [1.807, 2.05) is 0 Å². The van der Waals surface area contributed by atoms with Gasteiger partial charge in [0.1, 0.15) is 17.1 Å². The van der Waals surface area contributed by atoms with Crippen LogP contribution in [0.15, 0.2) is 36.9 Å². The van der Waals surface area contributed by atoms with Gasteiger partial charge >= 0.3 is 6.18 Å². The van der Waals surface area contributed by atoms with Crippen molar-refractivity contribution in [3.05, 3.63) is 48.0 Å². The first-order valence-electron chi connectivity index (χ1n) is 9.90. The molecule has 166 valence electrons. The topological polar surface area (TPSA) is 107 Å². The Morgan fingerprint density at radius 3 is 2.19 bits per heavy atom. The van der Waals surface area contributed by atoms with Gasteiger partial charge < -0.3 is 16.4 Å². The highest BCUT2D eigenvalue weighted by molar-refractivity contribution is 6.03. The summed E-state index contributed by atoms with van der Waals surface area (Å²) in [6.45, 7) is 4.65. The molecule has 1 fully saturated rings. The summed E-state index contributed by atoms with van der Waals surface area (Å²) in [5.74, 6) is -0.822. The summed E-state index contributed by atoms with van der Waals surface area (Å²) in [6, 6.07) is 4.23. The van der Waals surface area contributed by atoms with Crippen LogP contribution in [0.5, 0.6) is 0 Å². The van der Waals surface area contributed by atoms with Gasteiger partial charge in [0.05, 0.1) is 11.6 Å². The van der Waals surface area contributed by atoms with Gasteiger partial charge in [0, 0.05) is 18.7 Å². The highest BCUT2D eigenvalue weighted by atomic mass is 19.4. The number of hydrogen-bond acceptors (Lipinski definition) is 4. The van der Waals surface area contributed by atoms with E-state index in [0.29, 0.717) is 44.3 Å². The molecular formula is C21H24F3N5O2. The van der Waals surface area contributed by atoms with Crippen molar-refractivity contribution in [2.45, 2.75) is 37.9 Å². The average Bonchev–Trinajstić information content (AvgIpc) is 3.04. The van der Waals surface area contributed by atoms with E-state index < -0.39 is 17.6 Å². The Labute approximate surface area is 177 Å². The first-order chi connectivity index (χ1) is 14.6. The Hall–Kier alpha value is -3.30. The number of benzene rings is 1. The van der Waals surface area contributed by atoms with Crippen molar-refractivity contribution < 1.29 is 22.8 Å². The number of hydrogen-bond donors (Lipinski definition) is 2. The molecule has 2 amide bonds. The van der Waals surface area contributed by atoms with Crippen molar-refractivity contribution in [3.8, 4) is 11.3 Å². The third-order valence-electron chi connectivity index (χ3n) is 5.44. The van der Waals surface area contributed by atoms with E-state index >= 15 is 0 Å². The number of carbonyl (C=O) groups excluding carboxylic acids is 2. The maximum Gasteiger partial charge on any atom is 0.416 e. The highest BCUT2D eigenvalue weighted by Gasteiger charge is 2.31. The Balaban J connectivity index is 1.90. The van der Waals surface area contributed by atoms with Crippen LogP contribution in [-0.2, 0) is 11.0 Å². The molecule has 0 radical (unpaired) electrons. The predicted octanol–water partition coefficient (Wildman–Crippen LogP) is 3.38. The van der Waals surface area contributed by atoms with Crippen LogP contribution in [-0.4, -0.2) is 39.6 Å². The molecule has 0 spiro atoms. The van der Waals surface area contributed by atoms with E-state index in [2.05, 4.69) is 11.7 Å². The number of rotatable bonds is 4. The van der Waals surface area contributed by atoms with Gasteiger partial charge in [0.25, 0.3) is 5.91 Å². The van der Waals surface area contributed by atoms with Crippen LogP contribution >= 0.6 is 0 Å². The van der Waals surface area contributed by atoms with Gasteiger partial charge in [-0.3, -0.25) is 9.59 Å². The molecule has 1 aliphatic rings. The van der Waals surface area contributed by atoms with Crippen LogP contribution in [0.3, 0.4) is 0 Å². The minimum Gasteiger partial charge on any atom is -0.383 e. The lowest BCUT2D eigenvalue weighted by Gasteiger charge is -2.27. The molecule has 0 unspecified atom stereocenters. The number of amides is 2. The third kappa shape index (κ3) is 4.73. The second-order valence-corrected chi connectivity index (χ2v) is 7.46. The first-order valence-corrected chi connectivity index (χ1v) is 9.90. The number of alkyl halides is 3. The van der Waals surface area contributed by atoms with Crippen LogP contribution in [0.2, 0.25) is 0 Å². The Kier molecular flexibility index (Phi) is 6.37. The Morgan fingerprint density at radius 2 is 1.71 bits per heavy atom. The van der Waals surface area contributed by atoms with Crippen LogP contribution in [0.4, 0.5) is 19.0 Å². The third-order valence-corrected chi connectivity index (χ3v) is 5.44. The molecule has 0 atom stereocenters. The first kappa shape index (κ1) is 22.4. The van der Waals surface area contributed by atoms with Gasteiger partial charge in [-0.1, -0.05) is 18.7 Å². The summed E-state index contributed by atoms with van der Waals surface area (Å²) in [4.78, 5) is 25.7. The minimum absolute atomic E-state index is 0.00900. The lowest BCUT2D eigenvalue weighted by molar-refractivity contribution is -0.137. The van der Waals surface area contributed by atoms with Crippen LogP contribution in [0.25, 0.3) is 11.3 Å². The lowest BCUT2D eigenvalue weighted by Crippen LogP contribution is -2.33. The van der Waals surface area contributed by atoms with Crippen molar-refractivity contribution >= 4 is 17.6 Å². The number of carbonyl (C=O) groups is 2. The molecule has 1 aliphatic heterocycles. The zero-order valence-electron chi connectivity index (χ0n) is 16.9. The van der Waals surface area contributed by atoms with Crippen molar-refractivity contribution in [1.29, 1.82) is 0 Å². The predicted molar refractivity (Wildman–Crippen MR) is 110 cm³/mol. The fourth-order valence-electron chi connectivity index (χ4n) is 3.87. The van der Waals surface area contributed by atoms with Crippen molar-refractivity contribution in [3.63, 3.8) is 0 Å². The summed E-state index contributed by atoms with van der Waals surface area (Å²) in [5.41, 5.74) is 11.4. The van der Waals surface area contributed by atoms with Crippen molar-refractivity contribution in [2.75, 3.05) is 18.8 Å². The summed E-state index contributed by atoms with van der Waals surface area (Å²) in [6.07, 6.45) is -0.450. The summed E-state index contributed by atoms with van der Waals surface area (Å²) in [7, 11) is 0. The lowest BCUT2D eigenvalue weighted by atomic mass is 10.0. The monoisotopic (exact) mass is 435 g/mol. The Morgan fingerprint density at radius 1 is 1.13 bits per heavy atom. The molecule has 1 aromatic carbocycles. The van der Waals surface area contributed by atoms with Crippen molar-refractivity contribution in [1.82, 2.24) is 14.7 Å². The molecule has 2 heterocycles. The number of anilines is 1. The highest BCUT2D eigenvalue weighted by Crippen LogP contribution is 2.35. The summed E-state index contributed by atoms with van der Waals surface area (Å²) >= 11 is 0. The van der Waals surface area contributed by atoms with E-state index in [4.69, 9.17) is 11.5 Å². The molecule has 0 saturated carbocycles. The summed E-state index contributed by atoms with van der Waals surface area (Å²) < 4.78 is 40.1. The summed E-state index contributed by atoms with van der Waals surface area (Å²) in [5, 5.41) is 4.47. The molecule has 10 heteroatoms. The maximum atomic E-state index is 12.9. The van der Waals surface area contributed by atoms with Gasteiger partial charge in [-0.25, -0.2) is 4.68 Å². The molecule has 7 nitrogen and oxygen atoms in total.